The largest absolute Gasteiger partial charge is 0.344 e. The van der Waals surface area contributed by atoms with Crippen molar-refractivity contribution in [3.63, 3.8) is 0 Å². The highest BCUT2D eigenvalue weighted by Crippen LogP contribution is 2.40. The predicted octanol–water partition coefficient (Wildman–Crippen LogP) is 2.74. The molecule has 1 saturated heterocycles. The minimum absolute atomic E-state index is 0.0397. The average Bonchev–Trinajstić information content (AvgIpc) is 3.56. The summed E-state index contributed by atoms with van der Waals surface area (Å²) in [6.45, 7) is 1.61. The van der Waals surface area contributed by atoms with Gasteiger partial charge in [-0.2, -0.15) is 5.01 Å². The van der Waals surface area contributed by atoms with Crippen LogP contribution in [0.4, 0.5) is 4.79 Å². The molecule has 9 nitrogen and oxygen atoms in total. The lowest BCUT2D eigenvalue weighted by molar-refractivity contribution is -0.138. The van der Waals surface area contributed by atoms with Crippen LogP contribution in [0.15, 0.2) is 65.8 Å². The van der Waals surface area contributed by atoms with Crippen LogP contribution in [-0.4, -0.2) is 43.4 Å². The molecular weight excluding hydrogens is 440 g/mol. The number of nitrogens with one attached hydrogen (secondary N) is 2. The van der Waals surface area contributed by atoms with E-state index in [4.69, 9.17) is 0 Å². The van der Waals surface area contributed by atoms with E-state index < -0.39 is 23.4 Å². The molecule has 1 aliphatic carbocycles. The Labute approximate surface area is 194 Å². The van der Waals surface area contributed by atoms with Crippen LogP contribution >= 0.6 is 11.8 Å². The van der Waals surface area contributed by atoms with Gasteiger partial charge in [-0.1, -0.05) is 60.3 Å². The maximum absolute atomic E-state index is 12.9. The van der Waals surface area contributed by atoms with Crippen molar-refractivity contribution in [3.05, 3.63) is 72.1 Å². The third-order valence-corrected chi connectivity index (χ3v) is 6.50. The third-order valence-electron chi connectivity index (χ3n) is 5.67. The number of hydrogen-bond donors (Lipinski definition) is 2. The molecule has 33 heavy (non-hydrogen) atoms. The van der Waals surface area contributed by atoms with Crippen LogP contribution in [-0.2, 0) is 15.1 Å². The van der Waals surface area contributed by atoms with Gasteiger partial charge in [0.1, 0.15) is 11.4 Å². The zero-order chi connectivity index (χ0) is 23.0. The number of thioether (sulfide) groups is 1. The average molecular weight is 463 g/mol. The van der Waals surface area contributed by atoms with Crippen LogP contribution in [0.1, 0.15) is 37.1 Å². The fourth-order valence-corrected chi connectivity index (χ4v) is 4.35. The molecule has 0 unspecified atom stereocenters. The molecule has 2 heterocycles. The standard InChI is InChI=1S/C23H22N6O3S/c1-23(16-8-4-2-5-9-16)20(31)29(22(32)25-23)26-18(30)14-33-21-24-19(15-12-13-15)28(27-21)17-10-6-3-7-11-17/h2-11,15H,12-14H2,1H3,(H,25,32)(H,26,30)/t23-/m1/s1. The Morgan fingerprint density at radius 1 is 1.12 bits per heavy atom. The number of nitrogens with zero attached hydrogens (tertiary/aromatic N) is 4. The summed E-state index contributed by atoms with van der Waals surface area (Å²) < 4.78 is 1.82. The third kappa shape index (κ3) is 4.09. The normalized spacial score (nSPS) is 20.1. The van der Waals surface area contributed by atoms with Crippen molar-refractivity contribution in [2.75, 3.05) is 5.75 Å². The highest BCUT2D eigenvalue weighted by molar-refractivity contribution is 7.99. The Kier molecular flexibility index (Phi) is 5.37. The monoisotopic (exact) mass is 462 g/mol. The molecule has 4 amide bonds. The van der Waals surface area contributed by atoms with Crippen molar-refractivity contribution >= 4 is 29.6 Å². The lowest BCUT2D eigenvalue weighted by atomic mass is 9.92. The van der Waals surface area contributed by atoms with Crippen LogP contribution in [0.3, 0.4) is 0 Å². The molecule has 1 aromatic heterocycles. The minimum Gasteiger partial charge on any atom is -0.318 e. The molecule has 5 rings (SSSR count). The molecule has 2 aromatic carbocycles. The van der Waals surface area contributed by atoms with Crippen LogP contribution < -0.4 is 10.7 Å². The van der Waals surface area contributed by atoms with Crippen LogP contribution in [0, 0.1) is 0 Å². The first-order valence-electron chi connectivity index (χ1n) is 10.6. The van der Waals surface area contributed by atoms with Gasteiger partial charge in [-0.15, -0.1) is 5.10 Å². The number of benzene rings is 2. The quantitative estimate of drug-likeness (QED) is 0.413. The number of rotatable bonds is 7. The summed E-state index contributed by atoms with van der Waals surface area (Å²) in [5.41, 5.74) is 2.73. The van der Waals surface area contributed by atoms with Crippen molar-refractivity contribution in [1.82, 2.24) is 30.5 Å². The topological polar surface area (TPSA) is 109 Å². The Morgan fingerprint density at radius 2 is 1.79 bits per heavy atom. The molecule has 0 bridgehead atoms. The van der Waals surface area contributed by atoms with Crippen LogP contribution in [0.5, 0.6) is 0 Å². The van der Waals surface area contributed by atoms with Crippen molar-refractivity contribution < 1.29 is 14.4 Å². The molecule has 0 spiro atoms. The molecule has 168 valence electrons. The van der Waals surface area contributed by atoms with Gasteiger partial charge in [-0.25, -0.2) is 14.5 Å². The van der Waals surface area contributed by atoms with E-state index >= 15 is 0 Å². The number of para-hydroxylation sites is 1. The molecule has 1 aliphatic heterocycles. The predicted molar refractivity (Wildman–Crippen MR) is 121 cm³/mol. The maximum Gasteiger partial charge on any atom is 0.344 e. The number of amides is 4. The van der Waals surface area contributed by atoms with Gasteiger partial charge in [0.2, 0.25) is 11.1 Å². The molecule has 10 heteroatoms. The summed E-state index contributed by atoms with van der Waals surface area (Å²) >= 11 is 1.16. The second kappa shape index (κ2) is 8.36. The number of hydrazine groups is 1. The zero-order valence-electron chi connectivity index (χ0n) is 17.9. The second-order valence-electron chi connectivity index (χ2n) is 8.16. The highest BCUT2D eigenvalue weighted by atomic mass is 32.2. The summed E-state index contributed by atoms with van der Waals surface area (Å²) in [7, 11) is 0. The van der Waals surface area contributed by atoms with E-state index in [2.05, 4.69) is 20.8 Å². The van der Waals surface area contributed by atoms with E-state index in [1.807, 2.05) is 41.1 Å². The summed E-state index contributed by atoms with van der Waals surface area (Å²) in [5.74, 6) is 0.186. The molecule has 2 N–H and O–H groups in total. The summed E-state index contributed by atoms with van der Waals surface area (Å²) in [5, 5.41) is 8.44. The second-order valence-corrected chi connectivity index (χ2v) is 9.10. The Hall–Kier alpha value is -3.66. The lowest BCUT2D eigenvalue weighted by Gasteiger charge is -2.22. The first-order valence-corrected chi connectivity index (χ1v) is 11.6. The van der Waals surface area contributed by atoms with Crippen molar-refractivity contribution in [2.24, 2.45) is 0 Å². The molecular formula is C23H22N6O3S. The van der Waals surface area contributed by atoms with Gasteiger partial charge < -0.3 is 5.32 Å². The summed E-state index contributed by atoms with van der Waals surface area (Å²) in [6, 6.07) is 18.0. The Morgan fingerprint density at radius 3 is 2.45 bits per heavy atom. The molecule has 3 aromatic rings. The molecule has 0 radical (unpaired) electrons. The van der Waals surface area contributed by atoms with Crippen molar-refractivity contribution in [3.8, 4) is 5.69 Å². The van der Waals surface area contributed by atoms with Gasteiger partial charge >= 0.3 is 6.03 Å². The Bertz CT molecular complexity index is 1210. The van der Waals surface area contributed by atoms with Gasteiger partial charge in [0.05, 0.1) is 11.4 Å². The summed E-state index contributed by atoms with van der Waals surface area (Å²) in [4.78, 5) is 42.5. The smallest absolute Gasteiger partial charge is 0.318 e. The van der Waals surface area contributed by atoms with Gasteiger partial charge in [-0.3, -0.25) is 15.0 Å². The van der Waals surface area contributed by atoms with Gasteiger partial charge in [0.25, 0.3) is 5.91 Å². The molecule has 1 saturated carbocycles. The fraction of sp³-hybridized carbons (Fsp3) is 0.261. The highest BCUT2D eigenvalue weighted by Gasteiger charge is 2.50. The van der Waals surface area contributed by atoms with Gasteiger partial charge in [-0.05, 0) is 37.5 Å². The van der Waals surface area contributed by atoms with E-state index in [-0.39, 0.29) is 5.75 Å². The number of hydrogen-bond acceptors (Lipinski definition) is 6. The molecule has 2 aliphatic rings. The zero-order valence-corrected chi connectivity index (χ0v) is 18.7. The number of urea groups is 1. The van der Waals surface area contributed by atoms with E-state index in [0.717, 1.165) is 41.1 Å². The van der Waals surface area contributed by atoms with E-state index in [0.29, 0.717) is 16.6 Å². The minimum atomic E-state index is -1.24. The van der Waals surface area contributed by atoms with Gasteiger partial charge in [0.15, 0.2) is 0 Å². The Balaban J connectivity index is 1.25. The fourth-order valence-electron chi connectivity index (χ4n) is 3.73. The number of imide groups is 1. The van der Waals surface area contributed by atoms with Crippen molar-refractivity contribution in [1.29, 1.82) is 0 Å². The van der Waals surface area contributed by atoms with Crippen molar-refractivity contribution in [2.45, 2.75) is 36.4 Å². The van der Waals surface area contributed by atoms with Crippen LogP contribution in [0.2, 0.25) is 0 Å². The SMILES string of the molecule is C[C@]1(c2ccccc2)NC(=O)N(NC(=O)CSc2nc(C3CC3)n(-c3ccccc3)n2)C1=O. The first-order chi connectivity index (χ1) is 16.0. The van der Waals surface area contributed by atoms with E-state index in [9.17, 15) is 14.4 Å². The van der Waals surface area contributed by atoms with Crippen LogP contribution in [0.25, 0.3) is 5.69 Å². The van der Waals surface area contributed by atoms with E-state index in [1.165, 1.54) is 0 Å². The van der Waals surface area contributed by atoms with E-state index in [1.54, 1.807) is 31.2 Å². The number of carbonyl (C=O) groups is 3. The summed E-state index contributed by atoms with van der Waals surface area (Å²) in [6.07, 6.45) is 2.14. The number of carbonyl (C=O) groups excluding carboxylic acids is 3. The molecule has 2 fully saturated rings. The molecule has 1 atom stereocenters. The van der Waals surface area contributed by atoms with Gasteiger partial charge in [0, 0.05) is 5.92 Å². The number of aromatic nitrogens is 3. The first kappa shape index (κ1) is 21.2. The lowest BCUT2D eigenvalue weighted by Crippen LogP contribution is -2.48. The maximum atomic E-state index is 12.9.